The van der Waals surface area contributed by atoms with E-state index in [0.717, 1.165) is 42.2 Å². The van der Waals surface area contributed by atoms with E-state index in [1.165, 1.54) is 32.1 Å². The second-order valence-corrected chi connectivity index (χ2v) is 8.04. The van der Waals surface area contributed by atoms with Crippen LogP contribution in [0.1, 0.15) is 44.1 Å². The van der Waals surface area contributed by atoms with E-state index in [4.69, 9.17) is 0 Å². The highest BCUT2D eigenvalue weighted by Crippen LogP contribution is 2.25. The van der Waals surface area contributed by atoms with Crippen molar-refractivity contribution < 1.29 is 4.79 Å². The van der Waals surface area contributed by atoms with Gasteiger partial charge in [-0.3, -0.25) is 9.88 Å². The number of benzene rings is 1. The molecule has 1 aromatic heterocycles. The van der Waals surface area contributed by atoms with Crippen molar-refractivity contribution in [3.05, 3.63) is 54.4 Å². The van der Waals surface area contributed by atoms with E-state index in [2.05, 4.69) is 32.7 Å². The lowest BCUT2D eigenvalue weighted by molar-refractivity contribution is 0.186. The van der Waals surface area contributed by atoms with Gasteiger partial charge in [-0.1, -0.05) is 37.5 Å². The van der Waals surface area contributed by atoms with Crippen LogP contribution in [0.3, 0.4) is 0 Å². The van der Waals surface area contributed by atoms with Gasteiger partial charge in [-0.15, -0.1) is 0 Å². The Labute approximate surface area is 167 Å². The molecule has 2 aliphatic rings. The first-order valence-electron chi connectivity index (χ1n) is 10.6. The number of urea groups is 1. The maximum atomic E-state index is 12.4. The van der Waals surface area contributed by atoms with E-state index in [9.17, 15) is 4.79 Å². The molecule has 1 saturated carbocycles. The van der Waals surface area contributed by atoms with Gasteiger partial charge >= 0.3 is 6.03 Å². The summed E-state index contributed by atoms with van der Waals surface area (Å²) < 4.78 is 0. The molecule has 1 unspecified atom stereocenters. The number of rotatable bonds is 5. The average Bonchev–Trinajstić information content (AvgIpc) is 3.22. The standard InChI is InChI=1S/C23H30N4O/c28-23(26-21-11-14-27(17-21)22-7-2-1-3-8-22)25-16-18-5-4-6-20(15-18)19-9-12-24-13-10-19/h4-6,9-10,12-13,15,21-22H,1-3,7-8,11,14,16-17H2,(H2,25,26,28). The van der Waals surface area contributed by atoms with Crippen LogP contribution < -0.4 is 10.6 Å². The summed E-state index contributed by atoms with van der Waals surface area (Å²) in [5.41, 5.74) is 3.37. The van der Waals surface area contributed by atoms with E-state index >= 15 is 0 Å². The summed E-state index contributed by atoms with van der Waals surface area (Å²) in [5.74, 6) is 0. The zero-order valence-corrected chi connectivity index (χ0v) is 16.4. The molecule has 4 rings (SSSR count). The Morgan fingerprint density at radius 1 is 1.04 bits per heavy atom. The molecular formula is C23H30N4O. The van der Waals surface area contributed by atoms with Gasteiger partial charge in [0, 0.05) is 44.1 Å². The van der Waals surface area contributed by atoms with Crippen LogP contribution in [0, 0.1) is 0 Å². The predicted molar refractivity (Wildman–Crippen MR) is 112 cm³/mol. The number of hydrogen-bond donors (Lipinski definition) is 2. The Bertz CT molecular complexity index is 773. The van der Waals surface area contributed by atoms with Crippen LogP contribution in [0.25, 0.3) is 11.1 Å². The SMILES string of the molecule is O=C(NCc1cccc(-c2ccncc2)c1)NC1CCN(C2CCCCC2)C1. The predicted octanol–water partition coefficient (Wildman–Crippen LogP) is 3.95. The van der Waals surface area contributed by atoms with Crippen molar-refractivity contribution in [1.82, 2.24) is 20.5 Å². The lowest BCUT2D eigenvalue weighted by Crippen LogP contribution is -2.44. The summed E-state index contributed by atoms with van der Waals surface area (Å²) in [5, 5.41) is 6.18. The Morgan fingerprint density at radius 3 is 2.68 bits per heavy atom. The molecule has 2 aromatic rings. The molecule has 2 amide bonds. The smallest absolute Gasteiger partial charge is 0.315 e. The van der Waals surface area contributed by atoms with Crippen LogP contribution in [0.5, 0.6) is 0 Å². The number of nitrogens with one attached hydrogen (secondary N) is 2. The first-order chi connectivity index (χ1) is 13.8. The molecule has 2 heterocycles. The third-order valence-electron chi connectivity index (χ3n) is 6.04. The Hall–Kier alpha value is -2.40. The molecule has 1 aliphatic heterocycles. The molecule has 5 nitrogen and oxygen atoms in total. The minimum Gasteiger partial charge on any atom is -0.334 e. The van der Waals surface area contributed by atoms with Crippen LogP contribution in [0.2, 0.25) is 0 Å². The Balaban J connectivity index is 1.25. The third-order valence-corrected chi connectivity index (χ3v) is 6.04. The molecule has 1 saturated heterocycles. The van der Waals surface area contributed by atoms with Crippen molar-refractivity contribution in [3.63, 3.8) is 0 Å². The maximum absolute atomic E-state index is 12.4. The van der Waals surface area contributed by atoms with Crippen LogP contribution in [-0.2, 0) is 6.54 Å². The quantitative estimate of drug-likeness (QED) is 0.828. The van der Waals surface area contributed by atoms with Gasteiger partial charge in [-0.2, -0.15) is 0 Å². The normalized spacial score (nSPS) is 20.8. The number of carbonyl (C=O) groups excluding carboxylic acids is 1. The molecule has 5 heteroatoms. The van der Waals surface area contributed by atoms with Gasteiger partial charge in [-0.25, -0.2) is 4.79 Å². The fraction of sp³-hybridized carbons (Fsp3) is 0.478. The summed E-state index contributed by atoms with van der Waals surface area (Å²) in [6.07, 6.45) is 11.4. The molecule has 148 valence electrons. The number of nitrogens with zero attached hydrogens (tertiary/aromatic N) is 2. The number of hydrogen-bond acceptors (Lipinski definition) is 3. The summed E-state index contributed by atoms with van der Waals surface area (Å²) in [4.78, 5) is 19.0. The number of likely N-dealkylation sites (tertiary alicyclic amines) is 1. The van der Waals surface area contributed by atoms with Crippen molar-refractivity contribution in [1.29, 1.82) is 0 Å². The summed E-state index contributed by atoms with van der Waals surface area (Å²) in [6, 6.07) is 13.2. The first-order valence-corrected chi connectivity index (χ1v) is 10.6. The fourth-order valence-electron chi connectivity index (χ4n) is 4.51. The number of amides is 2. The maximum Gasteiger partial charge on any atom is 0.315 e. The van der Waals surface area contributed by atoms with Crippen molar-refractivity contribution >= 4 is 6.03 Å². The van der Waals surface area contributed by atoms with Gasteiger partial charge in [-0.05, 0) is 54.2 Å². The monoisotopic (exact) mass is 378 g/mol. The highest BCUT2D eigenvalue weighted by molar-refractivity contribution is 5.74. The van der Waals surface area contributed by atoms with Gasteiger partial charge in [0.15, 0.2) is 0 Å². The molecule has 0 radical (unpaired) electrons. The van der Waals surface area contributed by atoms with E-state index in [1.54, 1.807) is 12.4 Å². The van der Waals surface area contributed by atoms with Crippen LogP contribution in [-0.4, -0.2) is 41.1 Å². The Morgan fingerprint density at radius 2 is 1.86 bits per heavy atom. The second kappa shape index (κ2) is 9.20. The third kappa shape index (κ3) is 4.90. The fourth-order valence-corrected chi connectivity index (χ4v) is 4.51. The van der Waals surface area contributed by atoms with E-state index in [1.807, 2.05) is 24.3 Å². The molecule has 0 spiro atoms. The second-order valence-electron chi connectivity index (χ2n) is 8.04. The lowest BCUT2D eigenvalue weighted by Gasteiger charge is -2.31. The molecule has 1 atom stereocenters. The van der Waals surface area contributed by atoms with E-state index in [0.29, 0.717) is 6.54 Å². The first kappa shape index (κ1) is 18.9. The lowest BCUT2D eigenvalue weighted by atomic mass is 9.94. The highest BCUT2D eigenvalue weighted by atomic mass is 16.2. The summed E-state index contributed by atoms with van der Waals surface area (Å²) in [6.45, 7) is 2.64. The van der Waals surface area contributed by atoms with Crippen LogP contribution >= 0.6 is 0 Å². The van der Waals surface area contributed by atoms with Crippen molar-refractivity contribution in [2.24, 2.45) is 0 Å². The van der Waals surface area contributed by atoms with Gasteiger partial charge in [0.05, 0.1) is 0 Å². The molecular weight excluding hydrogens is 348 g/mol. The van der Waals surface area contributed by atoms with E-state index < -0.39 is 0 Å². The van der Waals surface area contributed by atoms with Gasteiger partial charge < -0.3 is 10.6 Å². The zero-order chi connectivity index (χ0) is 19.2. The van der Waals surface area contributed by atoms with Crippen LogP contribution in [0.4, 0.5) is 4.79 Å². The molecule has 0 bridgehead atoms. The van der Waals surface area contributed by atoms with Crippen LogP contribution in [0.15, 0.2) is 48.8 Å². The van der Waals surface area contributed by atoms with E-state index in [-0.39, 0.29) is 12.1 Å². The minimum absolute atomic E-state index is 0.0650. The summed E-state index contributed by atoms with van der Waals surface area (Å²) >= 11 is 0. The number of aromatic nitrogens is 1. The van der Waals surface area contributed by atoms with Gasteiger partial charge in [0.2, 0.25) is 0 Å². The number of pyridine rings is 1. The molecule has 1 aliphatic carbocycles. The highest BCUT2D eigenvalue weighted by Gasteiger charge is 2.29. The molecule has 2 fully saturated rings. The zero-order valence-electron chi connectivity index (χ0n) is 16.4. The van der Waals surface area contributed by atoms with Crippen molar-refractivity contribution in [2.75, 3.05) is 13.1 Å². The minimum atomic E-state index is -0.0650. The average molecular weight is 379 g/mol. The number of carbonyl (C=O) groups is 1. The largest absolute Gasteiger partial charge is 0.334 e. The topological polar surface area (TPSA) is 57.3 Å². The molecule has 1 aromatic carbocycles. The molecule has 2 N–H and O–H groups in total. The van der Waals surface area contributed by atoms with Gasteiger partial charge in [0.1, 0.15) is 0 Å². The van der Waals surface area contributed by atoms with Crippen molar-refractivity contribution in [2.45, 2.75) is 57.2 Å². The van der Waals surface area contributed by atoms with Gasteiger partial charge in [0.25, 0.3) is 0 Å². The van der Waals surface area contributed by atoms with Crippen molar-refractivity contribution in [3.8, 4) is 11.1 Å². The molecule has 28 heavy (non-hydrogen) atoms. The summed E-state index contributed by atoms with van der Waals surface area (Å²) in [7, 11) is 0. The Kier molecular flexibility index (Phi) is 6.22.